The second-order valence-corrected chi connectivity index (χ2v) is 7.15. The molecule has 0 spiro atoms. The van der Waals surface area contributed by atoms with Crippen LogP contribution in [0.25, 0.3) is 0 Å². The van der Waals surface area contributed by atoms with Crippen molar-refractivity contribution in [2.45, 2.75) is 38.8 Å². The van der Waals surface area contributed by atoms with Gasteiger partial charge in [-0.1, -0.05) is 29.3 Å². The fourth-order valence-corrected chi connectivity index (χ4v) is 3.40. The zero-order valence-corrected chi connectivity index (χ0v) is 16.5. The first kappa shape index (κ1) is 19.6. The number of hydrogen-bond donors (Lipinski definition) is 0. The number of esters is 1. The number of amides is 1. The first-order valence-corrected chi connectivity index (χ1v) is 9.40. The van der Waals surface area contributed by atoms with Crippen LogP contribution in [0.4, 0.5) is 0 Å². The van der Waals surface area contributed by atoms with Crippen molar-refractivity contribution in [1.82, 2.24) is 14.9 Å². The quantitative estimate of drug-likeness (QED) is 0.676. The van der Waals surface area contributed by atoms with Crippen molar-refractivity contribution in [2.24, 2.45) is 0 Å². The van der Waals surface area contributed by atoms with E-state index in [0.717, 1.165) is 12.8 Å². The molecule has 1 aliphatic rings. The Balaban J connectivity index is 2.06. The molecule has 142 valence electrons. The zero-order valence-electron chi connectivity index (χ0n) is 15.0. The third kappa shape index (κ3) is 4.39. The predicted octanol–water partition coefficient (Wildman–Crippen LogP) is 4.00. The number of carbonyl (C=O) groups is 2. The molecule has 1 amide bonds. The lowest BCUT2D eigenvalue weighted by molar-refractivity contribution is -0.149. The molecule has 0 aliphatic heterocycles. The van der Waals surface area contributed by atoms with E-state index in [1.165, 1.54) is 11.2 Å². The van der Waals surface area contributed by atoms with Gasteiger partial charge in [-0.15, -0.1) is 0 Å². The summed E-state index contributed by atoms with van der Waals surface area (Å²) in [4.78, 5) is 35.7. The molecule has 0 bridgehead atoms. The van der Waals surface area contributed by atoms with Crippen LogP contribution in [0.15, 0.2) is 30.6 Å². The van der Waals surface area contributed by atoms with Gasteiger partial charge >= 0.3 is 5.97 Å². The lowest BCUT2D eigenvalue weighted by Gasteiger charge is -2.31. The SMILES string of the molecule is CCOC(=O)[C@H](c1ccc(Cl)cc1Cl)N(C(=O)c1cc(C)ncn1)C1CC1. The van der Waals surface area contributed by atoms with Crippen molar-refractivity contribution < 1.29 is 14.3 Å². The highest BCUT2D eigenvalue weighted by Crippen LogP contribution is 2.39. The molecule has 1 atom stereocenters. The van der Waals surface area contributed by atoms with Crippen molar-refractivity contribution in [3.05, 3.63) is 57.6 Å². The van der Waals surface area contributed by atoms with Crippen LogP contribution in [-0.4, -0.2) is 39.4 Å². The zero-order chi connectivity index (χ0) is 19.6. The van der Waals surface area contributed by atoms with Gasteiger partial charge in [0.25, 0.3) is 5.91 Å². The Morgan fingerprint density at radius 2 is 2.00 bits per heavy atom. The first-order chi connectivity index (χ1) is 12.9. The molecule has 1 aromatic carbocycles. The van der Waals surface area contributed by atoms with Gasteiger partial charge in [0, 0.05) is 27.3 Å². The molecule has 1 heterocycles. The van der Waals surface area contributed by atoms with Gasteiger partial charge < -0.3 is 9.64 Å². The summed E-state index contributed by atoms with van der Waals surface area (Å²) in [5, 5.41) is 0.750. The highest BCUT2D eigenvalue weighted by atomic mass is 35.5. The molecule has 6 nitrogen and oxygen atoms in total. The number of aryl methyl sites for hydroxylation is 1. The lowest BCUT2D eigenvalue weighted by atomic mass is 10.0. The summed E-state index contributed by atoms with van der Waals surface area (Å²) in [6.45, 7) is 3.69. The third-order valence-corrected chi connectivity index (χ3v) is 4.81. The first-order valence-electron chi connectivity index (χ1n) is 8.65. The minimum Gasteiger partial charge on any atom is -0.464 e. The van der Waals surface area contributed by atoms with Gasteiger partial charge in [-0.2, -0.15) is 0 Å². The third-order valence-electron chi connectivity index (χ3n) is 4.24. The summed E-state index contributed by atoms with van der Waals surface area (Å²) < 4.78 is 5.26. The van der Waals surface area contributed by atoms with Crippen LogP contribution in [0.2, 0.25) is 10.0 Å². The number of nitrogens with zero attached hydrogens (tertiary/aromatic N) is 3. The average Bonchev–Trinajstić information content (AvgIpc) is 3.45. The smallest absolute Gasteiger partial charge is 0.333 e. The van der Waals surface area contributed by atoms with Gasteiger partial charge in [-0.25, -0.2) is 14.8 Å². The molecule has 8 heteroatoms. The van der Waals surface area contributed by atoms with Crippen LogP contribution in [-0.2, 0) is 9.53 Å². The second kappa shape index (κ2) is 8.23. The average molecular weight is 408 g/mol. The summed E-state index contributed by atoms with van der Waals surface area (Å²) in [6.07, 6.45) is 2.94. The summed E-state index contributed by atoms with van der Waals surface area (Å²) >= 11 is 12.4. The Kier molecular flexibility index (Phi) is 5.97. The van der Waals surface area contributed by atoms with Gasteiger partial charge in [0.1, 0.15) is 12.0 Å². The molecule has 0 radical (unpaired) electrons. The second-order valence-electron chi connectivity index (χ2n) is 6.31. The maximum atomic E-state index is 13.2. The molecule has 27 heavy (non-hydrogen) atoms. The summed E-state index contributed by atoms with van der Waals surface area (Å²) in [5.41, 5.74) is 1.38. The molecule has 1 aromatic heterocycles. The van der Waals surface area contributed by atoms with E-state index in [-0.39, 0.29) is 24.2 Å². The minimum atomic E-state index is -0.968. The van der Waals surface area contributed by atoms with E-state index in [4.69, 9.17) is 27.9 Å². The number of rotatable bonds is 6. The monoisotopic (exact) mass is 407 g/mol. The molecule has 2 aromatic rings. The molecule has 1 saturated carbocycles. The Bertz CT molecular complexity index is 871. The number of benzene rings is 1. The largest absolute Gasteiger partial charge is 0.464 e. The van der Waals surface area contributed by atoms with E-state index in [0.29, 0.717) is 21.3 Å². The highest BCUT2D eigenvalue weighted by molar-refractivity contribution is 6.35. The van der Waals surface area contributed by atoms with Gasteiger partial charge in [0.15, 0.2) is 6.04 Å². The van der Waals surface area contributed by atoms with Crippen LogP contribution >= 0.6 is 23.2 Å². The van der Waals surface area contributed by atoms with Crippen LogP contribution in [0.5, 0.6) is 0 Å². The Labute approximate surface area is 167 Å². The van der Waals surface area contributed by atoms with E-state index >= 15 is 0 Å². The standard InChI is InChI=1S/C19H19Cl2N3O3/c1-3-27-19(26)17(14-7-4-12(20)9-15(14)21)24(13-5-6-13)18(25)16-8-11(2)22-10-23-16/h4,7-10,13,17H,3,5-6H2,1-2H3/t17-/m0/s1. The molecular weight excluding hydrogens is 389 g/mol. The molecule has 1 fully saturated rings. The molecule has 0 saturated heterocycles. The molecule has 0 unspecified atom stereocenters. The molecule has 0 N–H and O–H groups in total. The van der Waals surface area contributed by atoms with Crippen molar-refractivity contribution in [2.75, 3.05) is 6.61 Å². The Morgan fingerprint density at radius 3 is 2.59 bits per heavy atom. The maximum Gasteiger partial charge on any atom is 0.333 e. The normalized spacial score (nSPS) is 14.5. The number of ether oxygens (including phenoxy) is 1. The topological polar surface area (TPSA) is 72.4 Å². The van der Waals surface area contributed by atoms with E-state index < -0.39 is 12.0 Å². The van der Waals surface area contributed by atoms with Crippen LogP contribution in [0.1, 0.15) is 47.6 Å². The van der Waals surface area contributed by atoms with Crippen molar-refractivity contribution in [1.29, 1.82) is 0 Å². The van der Waals surface area contributed by atoms with E-state index in [1.807, 2.05) is 0 Å². The molecule has 3 rings (SSSR count). The predicted molar refractivity (Wildman–Crippen MR) is 102 cm³/mol. The Morgan fingerprint density at radius 1 is 1.26 bits per heavy atom. The fraction of sp³-hybridized carbons (Fsp3) is 0.368. The number of halogens is 2. The lowest BCUT2D eigenvalue weighted by Crippen LogP contribution is -2.42. The fourth-order valence-electron chi connectivity index (χ4n) is 2.89. The van der Waals surface area contributed by atoms with Crippen LogP contribution in [0, 0.1) is 6.92 Å². The molecule has 1 aliphatic carbocycles. The van der Waals surface area contributed by atoms with Crippen molar-refractivity contribution in [3.8, 4) is 0 Å². The van der Waals surface area contributed by atoms with Gasteiger partial charge in [0.05, 0.1) is 6.61 Å². The van der Waals surface area contributed by atoms with Crippen LogP contribution in [0.3, 0.4) is 0 Å². The van der Waals surface area contributed by atoms with Crippen LogP contribution < -0.4 is 0 Å². The highest BCUT2D eigenvalue weighted by Gasteiger charge is 2.43. The van der Waals surface area contributed by atoms with Gasteiger partial charge in [-0.3, -0.25) is 4.79 Å². The Hall–Kier alpha value is -2.18. The van der Waals surface area contributed by atoms with Gasteiger partial charge in [-0.05, 0) is 44.9 Å². The maximum absolute atomic E-state index is 13.2. The van der Waals surface area contributed by atoms with Crippen molar-refractivity contribution in [3.63, 3.8) is 0 Å². The number of aromatic nitrogens is 2. The summed E-state index contributed by atoms with van der Waals surface area (Å²) in [5.74, 6) is -0.889. The summed E-state index contributed by atoms with van der Waals surface area (Å²) in [7, 11) is 0. The number of carbonyl (C=O) groups excluding carboxylic acids is 2. The number of hydrogen-bond acceptors (Lipinski definition) is 5. The van der Waals surface area contributed by atoms with Crippen molar-refractivity contribution >= 4 is 35.1 Å². The molecular formula is C19H19Cl2N3O3. The van der Waals surface area contributed by atoms with E-state index in [2.05, 4.69) is 9.97 Å². The van der Waals surface area contributed by atoms with E-state index in [9.17, 15) is 9.59 Å². The van der Waals surface area contributed by atoms with E-state index in [1.54, 1.807) is 38.1 Å². The summed E-state index contributed by atoms with van der Waals surface area (Å²) in [6, 6.07) is 5.40. The minimum absolute atomic E-state index is 0.0751. The van der Waals surface area contributed by atoms with Gasteiger partial charge in [0.2, 0.25) is 0 Å².